The third kappa shape index (κ3) is 8.02. The van der Waals surface area contributed by atoms with Gasteiger partial charge in [-0.1, -0.05) is 131 Å². The second-order valence-electron chi connectivity index (χ2n) is 22.4. The van der Waals surface area contributed by atoms with Gasteiger partial charge < -0.3 is 9.13 Å². The first-order valence-electron chi connectivity index (χ1n) is 27.5. The van der Waals surface area contributed by atoms with E-state index in [9.17, 15) is 0 Å². The van der Waals surface area contributed by atoms with E-state index < -0.39 is 5.54 Å². The summed E-state index contributed by atoms with van der Waals surface area (Å²) < 4.78 is 13.0. The number of aryl methyl sites for hydroxylation is 2. The molecule has 10 aromatic rings. The fourth-order valence-electron chi connectivity index (χ4n) is 13.2. The van der Waals surface area contributed by atoms with Crippen LogP contribution in [0.4, 0.5) is 0 Å². The van der Waals surface area contributed by atoms with Crippen molar-refractivity contribution in [2.45, 2.75) is 92.5 Å². The molecule has 12 rings (SSSR count). The summed E-state index contributed by atoms with van der Waals surface area (Å²) in [5.41, 5.74) is 19.3. The SMILES string of the molecule is C=CC(C)=CC(=C)C(C)=c1c(=CCCC(C)Cn2c3ccccc3c3cc4c(cc32)-c2cc(C)cc[n+]2CC4(C2c3ccccc3-c3cccc[n+]32)[n+]2ccccc2-c2ccccc2C)c2ccccc2n1CC(C)C. The molecule has 76 heavy (non-hydrogen) atoms. The Morgan fingerprint density at radius 1 is 0.658 bits per heavy atom. The number of fused-ring (bicyclic) bond motifs is 10. The molecule has 376 valence electrons. The van der Waals surface area contributed by atoms with Crippen molar-refractivity contribution in [3.8, 4) is 33.8 Å². The molecule has 3 atom stereocenters. The summed E-state index contributed by atoms with van der Waals surface area (Å²) in [6.45, 7) is 27.1. The Balaban J connectivity index is 1.04. The molecule has 0 radical (unpaired) electrons. The lowest BCUT2D eigenvalue weighted by Gasteiger charge is -2.34. The Hall–Kier alpha value is -8.15. The van der Waals surface area contributed by atoms with Crippen molar-refractivity contribution in [1.29, 1.82) is 0 Å². The number of hydrogen-bond acceptors (Lipinski definition) is 0. The molecule has 0 amide bonds. The first kappa shape index (κ1) is 48.8. The average Bonchev–Trinajstić information content (AvgIpc) is 4.23. The number of allylic oxidation sites excluding steroid dienone is 4. The second kappa shape index (κ2) is 19.5. The third-order valence-electron chi connectivity index (χ3n) is 16.7. The summed E-state index contributed by atoms with van der Waals surface area (Å²) in [4.78, 5) is 0. The summed E-state index contributed by atoms with van der Waals surface area (Å²) in [7, 11) is 0. The molecule has 0 saturated heterocycles. The lowest BCUT2D eigenvalue weighted by atomic mass is 9.73. The van der Waals surface area contributed by atoms with Gasteiger partial charge in [0.1, 0.15) is 0 Å². The quantitative estimate of drug-likeness (QED) is 0.0811. The van der Waals surface area contributed by atoms with Crippen molar-refractivity contribution in [2.24, 2.45) is 11.8 Å². The van der Waals surface area contributed by atoms with Crippen molar-refractivity contribution in [1.82, 2.24) is 9.13 Å². The first-order chi connectivity index (χ1) is 37.0. The number of para-hydroxylation sites is 2. The number of rotatable bonds is 13. The summed E-state index contributed by atoms with van der Waals surface area (Å²) in [5.74, 6) is 0.876. The van der Waals surface area contributed by atoms with Gasteiger partial charge in [0.2, 0.25) is 23.6 Å². The highest BCUT2D eigenvalue weighted by Crippen LogP contribution is 2.50. The minimum Gasteiger partial charge on any atom is -0.340 e. The topological polar surface area (TPSA) is 21.5 Å². The van der Waals surface area contributed by atoms with Crippen LogP contribution < -0.4 is 24.3 Å². The minimum atomic E-state index is -0.630. The van der Waals surface area contributed by atoms with Crippen molar-refractivity contribution in [2.75, 3.05) is 0 Å². The highest BCUT2D eigenvalue weighted by molar-refractivity contribution is 6.09. The zero-order valence-electron chi connectivity index (χ0n) is 45.4. The molecule has 7 heterocycles. The Kier molecular flexibility index (Phi) is 12.5. The molecule has 0 saturated carbocycles. The Bertz CT molecular complexity index is 4090. The summed E-state index contributed by atoms with van der Waals surface area (Å²) in [5, 5.41) is 6.49. The van der Waals surface area contributed by atoms with Gasteiger partial charge in [-0.05, 0) is 123 Å². The zero-order chi connectivity index (χ0) is 52.4. The highest BCUT2D eigenvalue weighted by atomic mass is 15.2. The van der Waals surface area contributed by atoms with E-state index in [2.05, 4.69) is 273 Å². The highest BCUT2D eigenvalue weighted by Gasteiger charge is 2.66. The van der Waals surface area contributed by atoms with E-state index in [4.69, 9.17) is 0 Å². The lowest BCUT2D eigenvalue weighted by molar-refractivity contribution is -0.866. The van der Waals surface area contributed by atoms with E-state index in [0.717, 1.165) is 43.6 Å². The fourth-order valence-corrected chi connectivity index (χ4v) is 13.2. The van der Waals surface area contributed by atoms with E-state index in [1.807, 2.05) is 6.08 Å². The van der Waals surface area contributed by atoms with Gasteiger partial charge in [-0.25, -0.2) is 0 Å². The van der Waals surface area contributed by atoms with Crippen molar-refractivity contribution in [3.05, 3.63) is 246 Å². The maximum absolute atomic E-state index is 4.58. The lowest BCUT2D eigenvalue weighted by Crippen LogP contribution is -2.73. The molecule has 5 aromatic heterocycles. The van der Waals surface area contributed by atoms with Crippen LogP contribution in [0.5, 0.6) is 0 Å². The van der Waals surface area contributed by atoms with E-state index in [0.29, 0.717) is 11.8 Å². The molecular weight excluding hydrogens is 923 g/mol. The van der Waals surface area contributed by atoms with Gasteiger partial charge in [0.15, 0.2) is 18.6 Å². The molecule has 5 nitrogen and oxygen atoms in total. The Labute approximate surface area is 448 Å². The molecule has 0 fully saturated rings. The van der Waals surface area contributed by atoms with E-state index in [-0.39, 0.29) is 6.04 Å². The minimum absolute atomic E-state index is 0.0788. The van der Waals surface area contributed by atoms with Crippen LogP contribution in [-0.4, -0.2) is 9.13 Å². The number of nitrogens with zero attached hydrogens (tertiary/aromatic N) is 5. The van der Waals surface area contributed by atoms with Crippen LogP contribution in [0.1, 0.15) is 75.8 Å². The van der Waals surface area contributed by atoms with Gasteiger partial charge in [-0.15, -0.1) is 0 Å². The molecule has 0 aliphatic carbocycles. The van der Waals surface area contributed by atoms with Crippen LogP contribution in [0.15, 0.2) is 213 Å². The molecular formula is C71H70N5+3. The molecule has 5 aromatic carbocycles. The van der Waals surface area contributed by atoms with Crippen LogP contribution in [0.25, 0.3) is 78.1 Å². The van der Waals surface area contributed by atoms with Crippen molar-refractivity contribution < 1.29 is 13.7 Å². The van der Waals surface area contributed by atoms with Gasteiger partial charge >= 0.3 is 5.54 Å². The maximum Gasteiger partial charge on any atom is 0.318 e. The number of hydrogen-bond donors (Lipinski definition) is 0. The third-order valence-corrected chi connectivity index (χ3v) is 16.7. The standard InChI is InChI=1S/C71H70N5/c1-10-48(4)40-52(8)53(9)69-58(55-27-15-18-33-65(55)75(69)44-47(2)3)31-23-24-50(6)45-74-64-32-17-16-29-57(64)60-42-62-61(43-68(60)74)67-41-49(5)36-39-72(67)46-71(62,76-38-22-20-35-66(76)54-26-12-11-25-51(54)7)70-59-30-14-13-28-56(59)63-34-19-21-37-73(63)70/h10-22,25-43,47,50,70H,1,8,23-24,44-46H2,2-7,9H3/q+3. The largest absolute Gasteiger partial charge is 0.340 e. The van der Waals surface area contributed by atoms with E-state index in [1.54, 1.807) is 0 Å². The number of aromatic nitrogens is 5. The van der Waals surface area contributed by atoms with Gasteiger partial charge in [-0.2, -0.15) is 13.7 Å². The molecule has 2 aliphatic heterocycles. The molecule has 0 spiro atoms. The summed E-state index contributed by atoms with van der Waals surface area (Å²) >= 11 is 0. The van der Waals surface area contributed by atoms with Crippen molar-refractivity contribution >= 4 is 44.4 Å². The number of pyridine rings is 3. The van der Waals surface area contributed by atoms with Crippen LogP contribution in [0, 0.1) is 25.7 Å². The van der Waals surface area contributed by atoms with Crippen LogP contribution >= 0.6 is 0 Å². The Morgan fingerprint density at radius 3 is 2.12 bits per heavy atom. The van der Waals surface area contributed by atoms with E-state index >= 15 is 0 Å². The zero-order valence-corrected chi connectivity index (χ0v) is 45.4. The second-order valence-corrected chi connectivity index (χ2v) is 22.4. The van der Waals surface area contributed by atoms with Gasteiger partial charge in [0.25, 0.3) is 6.04 Å². The molecule has 3 unspecified atom stereocenters. The van der Waals surface area contributed by atoms with Gasteiger partial charge in [-0.3, -0.25) is 0 Å². The summed E-state index contributed by atoms with van der Waals surface area (Å²) in [6, 6.07) is 59.4. The molecule has 0 N–H and O–H groups in total. The molecule has 2 aliphatic rings. The normalized spacial score (nSPS) is 17.0. The van der Waals surface area contributed by atoms with Crippen LogP contribution in [0.3, 0.4) is 0 Å². The number of benzene rings is 5. The summed E-state index contributed by atoms with van der Waals surface area (Å²) in [6.07, 6.45) is 15.6. The van der Waals surface area contributed by atoms with Gasteiger partial charge in [0.05, 0.1) is 22.0 Å². The maximum atomic E-state index is 4.58. The van der Waals surface area contributed by atoms with Gasteiger partial charge in [0, 0.05) is 98.5 Å². The average molecular weight is 993 g/mol. The monoisotopic (exact) mass is 993 g/mol. The Morgan fingerprint density at radius 2 is 1.34 bits per heavy atom. The van der Waals surface area contributed by atoms with Crippen molar-refractivity contribution in [3.63, 3.8) is 0 Å². The van der Waals surface area contributed by atoms with E-state index in [1.165, 1.54) is 105 Å². The smallest absolute Gasteiger partial charge is 0.318 e. The van der Waals surface area contributed by atoms with Crippen LogP contribution in [0.2, 0.25) is 0 Å². The fraction of sp³-hybridized carbons (Fsp3) is 0.225. The predicted molar refractivity (Wildman–Crippen MR) is 315 cm³/mol. The molecule has 5 heteroatoms. The van der Waals surface area contributed by atoms with Crippen LogP contribution in [-0.2, 0) is 25.2 Å². The predicted octanol–water partition coefficient (Wildman–Crippen LogP) is 14.0. The first-order valence-corrected chi connectivity index (χ1v) is 27.5. The molecule has 0 bridgehead atoms.